The summed E-state index contributed by atoms with van der Waals surface area (Å²) in [7, 11) is -1.21. The van der Waals surface area contributed by atoms with Crippen LogP contribution in [0.4, 0.5) is 0 Å². The second-order valence-corrected chi connectivity index (χ2v) is 8.55. The fourth-order valence-corrected chi connectivity index (χ4v) is 4.51. The van der Waals surface area contributed by atoms with Gasteiger partial charge in [0.05, 0.1) is 30.8 Å². The molecule has 0 saturated carbocycles. The van der Waals surface area contributed by atoms with Crippen LogP contribution in [0.15, 0.2) is 40.9 Å². The Kier molecular flexibility index (Phi) is 5.19. The third kappa shape index (κ3) is 4.90. The fourth-order valence-electron chi connectivity index (χ4n) is 2.83. The maximum Gasteiger partial charge on any atom is 0.234 e. The lowest BCUT2D eigenvalue weighted by atomic mass is 10.2. The normalized spacial score (nSPS) is 19.2. The molecule has 0 aliphatic carbocycles. The summed E-state index contributed by atoms with van der Waals surface area (Å²) in [6.45, 7) is 0.544. The van der Waals surface area contributed by atoms with Crippen LogP contribution in [-0.4, -0.2) is 55.3 Å². The summed E-state index contributed by atoms with van der Waals surface area (Å²) in [5, 5.41) is 2.77. The third-order valence-corrected chi connectivity index (χ3v) is 5.80. The van der Waals surface area contributed by atoms with E-state index in [0.29, 0.717) is 24.6 Å². The number of aromatic nitrogens is 1. The average Bonchev–Trinajstić information content (AvgIpc) is 3.14. The van der Waals surface area contributed by atoms with Crippen molar-refractivity contribution in [3.8, 4) is 11.3 Å². The van der Waals surface area contributed by atoms with Crippen molar-refractivity contribution in [2.24, 2.45) is 0 Å². The smallest absolute Gasteiger partial charge is 0.234 e. The molecule has 3 rings (SSSR count). The number of carbonyl (C=O) groups is 1. The van der Waals surface area contributed by atoms with E-state index in [-0.39, 0.29) is 30.0 Å². The first kappa shape index (κ1) is 17.6. The zero-order chi connectivity index (χ0) is 17.9. The first-order valence-electron chi connectivity index (χ1n) is 8.10. The number of likely N-dealkylation sites (N-methyl/N-ethyl adjacent to an activating group) is 1. The number of rotatable bonds is 6. The van der Waals surface area contributed by atoms with Crippen molar-refractivity contribution in [2.75, 3.05) is 25.1 Å². The predicted octanol–water partition coefficient (Wildman–Crippen LogP) is 1.08. The number of oxazole rings is 1. The molecular weight excluding hydrogens is 342 g/mol. The number of nitrogens with one attached hydrogen (secondary N) is 1. The molecule has 7 nitrogen and oxygen atoms in total. The van der Waals surface area contributed by atoms with Crippen molar-refractivity contribution in [3.63, 3.8) is 0 Å². The number of carbonyl (C=O) groups excluding carboxylic acids is 1. The Balaban J connectivity index is 1.50. The van der Waals surface area contributed by atoms with Crippen LogP contribution in [0.1, 0.15) is 12.3 Å². The zero-order valence-corrected chi connectivity index (χ0v) is 14.8. The van der Waals surface area contributed by atoms with Crippen LogP contribution in [0.5, 0.6) is 0 Å². The molecule has 1 N–H and O–H groups in total. The summed E-state index contributed by atoms with van der Waals surface area (Å²) >= 11 is 0. The van der Waals surface area contributed by atoms with Gasteiger partial charge in [0, 0.05) is 11.6 Å². The highest BCUT2D eigenvalue weighted by Crippen LogP contribution is 2.20. The summed E-state index contributed by atoms with van der Waals surface area (Å²) in [6.07, 6.45) is 2.15. The summed E-state index contributed by atoms with van der Waals surface area (Å²) in [5.74, 6) is 1.19. The third-order valence-electron chi connectivity index (χ3n) is 4.03. The van der Waals surface area contributed by atoms with Gasteiger partial charge in [-0.1, -0.05) is 30.3 Å². The van der Waals surface area contributed by atoms with Crippen molar-refractivity contribution in [1.82, 2.24) is 15.2 Å². The molecule has 1 atom stereocenters. The van der Waals surface area contributed by atoms with Gasteiger partial charge in [0.1, 0.15) is 0 Å². The molecule has 1 fully saturated rings. The van der Waals surface area contributed by atoms with E-state index < -0.39 is 9.84 Å². The summed E-state index contributed by atoms with van der Waals surface area (Å²) in [4.78, 5) is 18.1. The molecule has 2 aromatic rings. The maximum atomic E-state index is 12.0. The van der Waals surface area contributed by atoms with Gasteiger partial charge >= 0.3 is 0 Å². The van der Waals surface area contributed by atoms with Gasteiger partial charge in [-0.05, 0) is 13.5 Å². The van der Waals surface area contributed by atoms with Crippen LogP contribution >= 0.6 is 0 Å². The maximum absolute atomic E-state index is 12.0. The van der Waals surface area contributed by atoms with Crippen LogP contribution in [0, 0.1) is 0 Å². The Morgan fingerprint density at radius 3 is 2.80 bits per heavy atom. The van der Waals surface area contributed by atoms with Gasteiger partial charge in [-0.3, -0.25) is 9.69 Å². The van der Waals surface area contributed by atoms with Crippen molar-refractivity contribution < 1.29 is 17.6 Å². The summed E-state index contributed by atoms with van der Waals surface area (Å²) in [5.41, 5.74) is 0.948. The quantitative estimate of drug-likeness (QED) is 0.825. The van der Waals surface area contributed by atoms with E-state index in [9.17, 15) is 13.2 Å². The van der Waals surface area contributed by atoms with Crippen molar-refractivity contribution in [1.29, 1.82) is 0 Å². The fraction of sp³-hybridized carbons (Fsp3) is 0.412. The molecule has 1 aliphatic rings. The lowest BCUT2D eigenvalue weighted by Gasteiger charge is -2.16. The van der Waals surface area contributed by atoms with Crippen molar-refractivity contribution >= 4 is 15.7 Å². The van der Waals surface area contributed by atoms with Gasteiger partial charge in [0.25, 0.3) is 0 Å². The Hall–Kier alpha value is -2.19. The summed E-state index contributed by atoms with van der Waals surface area (Å²) in [6, 6.07) is 9.39. The Labute approximate surface area is 147 Å². The van der Waals surface area contributed by atoms with Gasteiger partial charge in [-0.25, -0.2) is 13.4 Å². The molecule has 25 heavy (non-hydrogen) atoms. The van der Waals surface area contributed by atoms with Gasteiger partial charge in [0.15, 0.2) is 15.6 Å². The number of amides is 1. The van der Waals surface area contributed by atoms with E-state index >= 15 is 0 Å². The molecule has 1 aromatic heterocycles. The number of hydrogen-bond acceptors (Lipinski definition) is 6. The zero-order valence-electron chi connectivity index (χ0n) is 14.0. The first-order valence-corrected chi connectivity index (χ1v) is 9.92. The monoisotopic (exact) mass is 363 g/mol. The average molecular weight is 363 g/mol. The number of nitrogens with zero attached hydrogens (tertiary/aromatic N) is 2. The predicted molar refractivity (Wildman–Crippen MR) is 93.5 cm³/mol. The van der Waals surface area contributed by atoms with Gasteiger partial charge in [0.2, 0.25) is 11.8 Å². The lowest BCUT2D eigenvalue weighted by Crippen LogP contribution is -2.41. The molecule has 134 valence electrons. The molecule has 1 amide bonds. The highest BCUT2D eigenvalue weighted by Gasteiger charge is 2.29. The van der Waals surface area contributed by atoms with Crippen LogP contribution in [-0.2, 0) is 21.2 Å². The van der Waals surface area contributed by atoms with Crippen molar-refractivity contribution in [2.45, 2.75) is 19.0 Å². The molecule has 0 bridgehead atoms. The Morgan fingerprint density at radius 1 is 1.36 bits per heavy atom. The second kappa shape index (κ2) is 7.37. The molecule has 1 saturated heterocycles. The van der Waals surface area contributed by atoms with Crippen LogP contribution in [0.3, 0.4) is 0 Å². The van der Waals surface area contributed by atoms with E-state index in [1.165, 1.54) is 0 Å². The van der Waals surface area contributed by atoms with E-state index in [0.717, 1.165) is 5.56 Å². The van der Waals surface area contributed by atoms with Gasteiger partial charge in [-0.2, -0.15) is 0 Å². The molecule has 0 radical (unpaired) electrons. The topological polar surface area (TPSA) is 92.5 Å². The Bertz CT molecular complexity index is 833. The molecule has 1 aromatic carbocycles. The van der Waals surface area contributed by atoms with E-state index in [2.05, 4.69) is 10.3 Å². The highest BCUT2D eigenvalue weighted by atomic mass is 32.2. The van der Waals surface area contributed by atoms with Crippen molar-refractivity contribution in [3.05, 3.63) is 42.4 Å². The van der Waals surface area contributed by atoms with E-state index in [4.69, 9.17) is 4.42 Å². The minimum Gasteiger partial charge on any atom is -0.439 e. The molecule has 2 heterocycles. The van der Waals surface area contributed by atoms with Crippen LogP contribution < -0.4 is 5.32 Å². The van der Waals surface area contributed by atoms with Gasteiger partial charge < -0.3 is 9.73 Å². The highest BCUT2D eigenvalue weighted by molar-refractivity contribution is 7.91. The summed E-state index contributed by atoms with van der Waals surface area (Å²) < 4.78 is 28.6. The first-order chi connectivity index (χ1) is 11.9. The molecule has 0 spiro atoms. The molecule has 1 aliphatic heterocycles. The molecule has 8 heteroatoms. The minimum absolute atomic E-state index is 0.0304. The SMILES string of the molecule is CN(CC(=O)NC1CCS(=O)(=O)C1)Cc1ncc(-c2ccccc2)o1. The van der Waals surface area contributed by atoms with E-state index in [1.807, 2.05) is 30.3 Å². The van der Waals surface area contributed by atoms with Crippen LogP contribution in [0.2, 0.25) is 0 Å². The number of hydrogen-bond donors (Lipinski definition) is 1. The number of sulfone groups is 1. The standard InChI is InChI=1S/C17H21N3O4S/c1-20(10-16(21)19-14-7-8-25(22,23)12-14)11-17-18-9-15(24-17)13-5-3-2-4-6-13/h2-6,9,14H,7-8,10-12H2,1H3,(H,19,21). The second-order valence-electron chi connectivity index (χ2n) is 6.32. The van der Waals surface area contributed by atoms with Crippen LogP contribution in [0.25, 0.3) is 11.3 Å². The lowest BCUT2D eigenvalue weighted by molar-refractivity contribution is -0.122. The molecule has 1 unspecified atom stereocenters. The van der Waals surface area contributed by atoms with Gasteiger partial charge in [-0.15, -0.1) is 0 Å². The Morgan fingerprint density at radius 2 is 2.12 bits per heavy atom. The minimum atomic E-state index is -3.00. The van der Waals surface area contributed by atoms with E-state index in [1.54, 1.807) is 18.1 Å². The number of benzene rings is 1. The largest absolute Gasteiger partial charge is 0.439 e. The molecular formula is C17H21N3O4S.